The van der Waals surface area contributed by atoms with E-state index in [9.17, 15) is 9.59 Å². The molecule has 0 fully saturated rings. The second-order valence-electron chi connectivity index (χ2n) is 2.45. The summed E-state index contributed by atoms with van der Waals surface area (Å²) < 4.78 is 0. The molecule has 0 atom stereocenters. The molecular formula is C8H9NO2. The maximum Gasteiger partial charge on any atom is 0.251 e. The highest BCUT2D eigenvalue weighted by Crippen LogP contribution is 2.11. The lowest BCUT2D eigenvalue weighted by Gasteiger charge is -2.14. The third kappa shape index (κ3) is 1.55. The van der Waals surface area contributed by atoms with Crippen molar-refractivity contribution < 1.29 is 9.59 Å². The van der Waals surface area contributed by atoms with E-state index >= 15 is 0 Å². The SMILES string of the molecule is C=C1C=CC(=O)N1CC(C)=O. The molecular weight excluding hydrogens is 142 g/mol. The summed E-state index contributed by atoms with van der Waals surface area (Å²) in [6.45, 7) is 5.18. The molecule has 3 heteroatoms. The van der Waals surface area contributed by atoms with E-state index in [2.05, 4.69) is 6.58 Å². The first kappa shape index (κ1) is 7.72. The third-order valence-electron chi connectivity index (χ3n) is 1.41. The number of carbonyl (C=O) groups is 2. The fourth-order valence-corrected chi connectivity index (χ4v) is 0.891. The first-order valence-electron chi connectivity index (χ1n) is 3.29. The fourth-order valence-electron chi connectivity index (χ4n) is 0.891. The Kier molecular flexibility index (Phi) is 1.89. The van der Waals surface area contributed by atoms with Crippen LogP contribution in [0.3, 0.4) is 0 Å². The molecule has 0 spiro atoms. The Hall–Kier alpha value is -1.38. The van der Waals surface area contributed by atoms with E-state index in [1.165, 1.54) is 17.9 Å². The summed E-state index contributed by atoms with van der Waals surface area (Å²) in [6.07, 6.45) is 3.01. The first-order valence-corrected chi connectivity index (χ1v) is 3.29. The molecule has 0 aromatic heterocycles. The van der Waals surface area contributed by atoms with Crippen molar-refractivity contribution in [2.45, 2.75) is 6.92 Å². The summed E-state index contributed by atoms with van der Waals surface area (Å²) in [6, 6.07) is 0. The zero-order valence-electron chi connectivity index (χ0n) is 6.33. The average molecular weight is 151 g/mol. The third-order valence-corrected chi connectivity index (χ3v) is 1.41. The zero-order chi connectivity index (χ0) is 8.43. The minimum atomic E-state index is -0.162. The van der Waals surface area contributed by atoms with Crippen LogP contribution in [0.25, 0.3) is 0 Å². The number of hydrogen-bond donors (Lipinski definition) is 0. The van der Waals surface area contributed by atoms with Gasteiger partial charge in [-0.1, -0.05) is 6.58 Å². The van der Waals surface area contributed by atoms with Crippen LogP contribution in [-0.4, -0.2) is 23.1 Å². The molecule has 1 aliphatic rings. The Balaban J connectivity index is 2.66. The Morgan fingerprint density at radius 3 is 2.64 bits per heavy atom. The van der Waals surface area contributed by atoms with Crippen molar-refractivity contribution in [3.05, 3.63) is 24.4 Å². The van der Waals surface area contributed by atoms with Gasteiger partial charge in [0, 0.05) is 11.8 Å². The lowest BCUT2D eigenvalue weighted by atomic mass is 10.4. The molecule has 0 unspecified atom stereocenters. The number of hydrogen-bond acceptors (Lipinski definition) is 2. The Morgan fingerprint density at radius 1 is 1.64 bits per heavy atom. The van der Waals surface area contributed by atoms with Gasteiger partial charge in [0.05, 0.1) is 6.54 Å². The molecule has 0 radical (unpaired) electrons. The first-order chi connectivity index (χ1) is 5.11. The van der Waals surface area contributed by atoms with Crippen LogP contribution in [0.1, 0.15) is 6.92 Å². The monoisotopic (exact) mass is 151 g/mol. The normalized spacial score (nSPS) is 16.3. The summed E-state index contributed by atoms with van der Waals surface area (Å²) in [4.78, 5) is 22.9. The summed E-state index contributed by atoms with van der Waals surface area (Å²) >= 11 is 0. The fraction of sp³-hybridized carbons (Fsp3) is 0.250. The molecule has 1 aliphatic heterocycles. The molecule has 0 saturated carbocycles. The van der Waals surface area contributed by atoms with Crippen molar-refractivity contribution >= 4 is 11.7 Å². The van der Waals surface area contributed by atoms with Gasteiger partial charge in [0.15, 0.2) is 0 Å². The maximum atomic E-state index is 10.9. The van der Waals surface area contributed by atoms with Gasteiger partial charge in [-0.15, -0.1) is 0 Å². The van der Waals surface area contributed by atoms with Crippen LogP contribution in [0, 0.1) is 0 Å². The number of carbonyl (C=O) groups excluding carboxylic acids is 2. The Labute approximate surface area is 65.0 Å². The highest BCUT2D eigenvalue weighted by atomic mass is 16.2. The molecule has 11 heavy (non-hydrogen) atoms. The lowest BCUT2D eigenvalue weighted by Crippen LogP contribution is -2.28. The number of amides is 1. The minimum absolute atomic E-state index is 0.0387. The number of ketones is 1. The van der Waals surface area contributed by atoms with Gasteiger partial charge in [-0.05, 0) is 13.0 Å². The van der Waals surface area contributed by atoms with Crippen molar-refractivity contribution in [3.8, 4) is 0 Å². The second-order valence-corrected chi connectivity index (χ2v) is 2.45. The van der Waals surface area contributed by atoms with E-state index in [1.54, 1.807) is 6.08 Å². The van der Waals surface area contributed by atoms with Gasteiger partial charge in [-0.25, -0.2) is 0 Å². The van der Waals surface area contributed by atoms with Crippen LogP contribution in [-0.2, 0) is 9.59 Å². The van der Waals surface area contributed by atoms with Gasteiger partial charge in [0.2, 0.25) is 0 Å². The summed E-state index contributed by atoms with van der Waals surface area (Å²) in [7, 11) is 0. The highest BCUT2D eigenvalue weighted by molar-refractivity contribution is 5.95. The van der Waals surface area contributed by atoms with E-state index in [0.717, 1.165) is 0 Å². The molecule has 0 saturated heterocycles. The average Bonchev–Trinajstić information content (AvgIpc) is 2.18. The van der Waals surface area contributed by atoms with E-state index in [4.69, 9.17) is 0 Å². The van der Waals surface area contributed by atoms with Gasteiger partial charge in [-0.2, -0.15) is 0 Å². The van der Waals surface area contributed by atoms with Crippen LogP contribution in [0.4, 0.5) is 0 Å². The minimum Gasteiger partial charge on any atom is -0.302 e. The molecule has 1 amide bonds. The van der Waals surface area contributed by atoms with Crippen molar-refractivity contribution in [2.75, 3.05) is 6.54 Å². The largest absolute Gasteiger partial charge is 0.302 e. The smallest absolute Gasteiger partial charge is 0.251 e. The van der Waals surface area contributed by atoms with Gasteiger partial charge in [-0.3, -0.25) is 9.59 Å². The van der Waals surface area contributed by atoms with Crippen LogP contribution in [0.15, 0.2) is 24.4 Å². The number of nitrogens with zero attached hydrogens (tertiary/aromatic N) is 1. The van der Waals surface area contributed by atoms with Gasteiger partial charge in [0.25, 0.3) is 5.91 Å². The Bertz CT molecular complexity index is 235. The zero-order valence-corrected chi connectivity index (χ0v) is 6.33. The Morgan fingerprint density at radius 2 is 2.27 bits per heavy atom. The van der Waals surface area contributed by atoms with E-state index in [0.29, 0.717) is 5.70 Å². The molecule has 3 nitrogen and oxygen atoms in total. The highest BCUT2D eigenvalue weighted by Gasteiger charge is 2.19. The molecule has 1 heterocycles. The van der Waals surface area contributed by atoms with Crippen molar-refractivity contribution in [1.82, 2.24) is 4.90 Å². The van der Waals surface area contributed by atoms with Crippen molar-refractivity contribution in [3.63, 3.8) is 0 Å². The molecule has 0 N–H and O–H groups in total. The summed E-state index contributed by atoms with van der Waals surface area (Å²) in [5, 5.41) is 0. The van der Waals surface area contributed by atoms with Crippen molar-refractivity contribution in [2.24, 2.45) is 0 Å². The second kappa shape index (κ2) is 2.70. The topological polar surface area (TPSA) is 37.4 Å². The van der Waals surface area contributed by atoms with Gasteiger partial charge in [0.1, 0.15) is 5.78 Å². The quantitative estimate of drug-likeness (QED) is 0.576. The predicted octanol–water partition coefficient (Wildman–Crippen LogP) is 0.488. The molecule has 0 aromatic rings. The number of allylic oxidation sites excluding steroid dienone is 1. The predicted molar refractivity (Wildman–Crippen MR) is 40.7 cm³/mol. The van der Waals surface area contributed by atoms with Gasteiger partial charge < -0.3 is 4.90 Å². The van der Waals surface area contributed by atoms with Crippen LogP contribution < -0.4 is 0 Å². The van der Waals surface area contributed by atoms with E-state index < -0.39 is 0 Å². The molecule has 1 rings (SSSR count). The molecule has 0 aromatic carbocycles. The molecule has 58 valence electrons. The number of rotatable bonds is 2. The van der Waals surface area contributed by atoms with Crippen LogP contribution in [0.2, 0.25) is 0 Å². The lowest BCUT2D eigenvalue weighted by molar-refractivity contribution is -0.128. The molecule has 0 aliphatic carbocycles. The maximum absolute atomic E-state index is 10.9. The van der Waals surface area contributed by atoms with Gasteiger partial charge >= 0.3 is 0 Å². The van der Waals surface area contributed by atoms with Crippen molar-refractivity contribution in [1.29, 1.82) is 0 Å². The van der Waals surface area contributed by atoms with Crippen LogP contribution >= 0.6 is 0 Å². The molecule has 0 bridgehead atoms. The standard InChI is InChI=1S/C8H9NO2/c1-6-3-4-8(11)9(6)5-7(2)10/h3-4H,1,5H2,2H3. The summed E-state index contributed by atoms with van der Waals surface area (Å²) in [5.41, 5.74) is 0.588. The van der Waals surface area contributed by atoms with E-state index in [1.807, 2.05) is 0 Å². The van der Waals surface area contributed by atoms with Crippen LogP contribution in [0.5, 0.6) is 0 Å². The van der Waals surface area contributed by atoms with E-state index in [-0.39, 0.29) is 18.2 Å². The number of Topliss-reactive ketones (excluding diaryl/α,β-unsaturated/α-hetero) is 1. The summed E-state index contributed by atoms with van der Waals surface area (Å²) in [5.74, 6) is -0.201.